The number of ether oxygens (including phenoxy) is 1. The van der Waals surface area contributed by atoms with Crippen LogP contribution in [0.2, 0.25) is 0 Å². The second kappa shape index (κ2) is 6.28. The highest BCUT2D eigenvalue weighted by molar-refractivity contribution is 5.96. The maximum absolute atomic E-state index is 7.41. The number of amidine groups is 1. The number of hydrogen-bond donors (Lipinski definition) is 2. The quantitative estimate of drug-likeness (QED) is 0.587. The van der Waals surface area contributed by atoms with Gasteiger partial charge in [0.2, 0.25) is 0 Å². The van der Waals surface area contributed by atoms with E-state index in [1.54, 1.807) is 0 Å². The second-order valence-electron chi connectivity index (χ2n) is 4.60. The molecule has 0 saturated carbocycles. The monoisotopic (exact) mass is 234 g/mol. The van der Waals surface area contributed by atoms with Crippen LogP contribution in [0.25, 0.3) is 0 Å². The lowest BCUT2D eigenvalue weighted by Gasteiger charge is -2.13. The van der Waals surface area contributed by atoms with Gasteiger partial charge in [0.1, 0.15) is 11.6 Å². The van der Waals surface area contributed by atoms with Gasteiger partial charge in [0.05, 0.1) is 6.61 Å². The molecule has 0 saturated heterocycles. The zero-order valence-corrected chi connectivity index (χ0v) is 10.9. The first-order chi connectivity index (χ1) is 8.04. The molecule has 1 atom stereocenters. The zero-order valence-electron chi connectivity index (χ0n) is 10.9. The van der Waals surface area contributed by atoms with E-state index in [1.807, 2.05) is 25.1 Å². The molecule has 0 amide bonds. The molecule has 0 aliphatic rings. The molecule has 3 heteroatoms. The molecule has 0 fully saturated rings. The van der Waals surface area contributed by atoms with Gasteiger partial charge in [0.25, 0.3) is 0 Å². The molecule has 17 heavy (non-hydrogen) atoms. The van der Waals surface area contributed by atoms with Crippen LogP contribution < -0.4 is 10.5 Å². The van der Waals surface area contributed by atoms with Crippen molar-refractivity contribution in [1.82, 2.24) is 0 Å². The molecular formula is C14H22N2O. The van der Waals surface area contributed by atoms with Gasteiger partial charge >= 0.3 is 0 Å². The first kappa shape index (κ1) is 13.6. The van der Waals surface area contributed by atoms with Crippen molar-refractivity contribution in [2.45, 2.75) is 33.6 Å². The molecule has 1 unspecified atom stereocenters. The molecule has 0 aliphatic heterocycles. The lowest BCUT2D eigenvalue weighted by Crippen LogP contribution is -2.13. The smallest absolute Gasteiger partial charge is 0.123 e. The molecule has 0 aromatic heterocycles. The number of benzene rings is 1. The summed E-state index contributed by atoms with van der Waals surface area (Å²) < 4.78 is 5.72. The Morgan fingerprint density at radius 2 is 2.18 bits per heavy atom. The lowest BCUT2D eigenvalue weighted by molar-refractivity contribution is 0.251. The van der Waals surface area contributed by atoms with Crippen LogP contribution in [0.3, 0.4) is 0 Å². The molecule has 94 valence electrons. The average molecular weight is 234 g/mol. The van der Waals surface area contributed by atoms with E-state index in [0.29, 0.717) is 5.92 Å². The van der Waals surface area contributed by atoms with Gasteiger partial charge in [-0.05, 0) is 43.0 Å². The number of hydrogen-bond acceptors (Lipinski definition) is 2. The Hall–Kier alpha value is -1.51. The van der Waals surface area contributed by atoms with Crippen LogP contribution in [0, 0.1) is 18.3 Å². The Balaban J connectivity index is 2.62. The normalized spacial score (nSPS) is 12.2. The van der Waals surface area contributed by atoms with Gasteiger partial charge in [-0.3, -0.25) is 5.41 Å². The summed E-state index contributed by atoms with van der Waals surface area (Å²) in [6, 6.07) is 5.66. The van der Waals surface area contributed by atoms with Crippen LogP contribution in [0.1, 0.15) is 37.8 Å². The van der Waals surface area contributed by atoms with E-state index < -0.39 is 0 Å². The Kier molecular flexibility index (Phi) is 5.01. The van der Waals surface area contributed by atoms with E-state index in [1.165, 1.54) is 12.8 Å². The molecule has 0 radical (unpaired) electrons. The van der Waals surface area contributed by atoms with Crippen LogP contribution in [-0.4, -0.2) is 12.4 Å². The van der Waals surface area contributed by atoms with Crippen molar-refractivity contribution in [3.63, 3.8) is 0 Å². The molecule has 0 aliphatic carbocycles. The minimum atomic E-state index is 0.105. The minimum absolute atomic E-state index is 0.105. The number of aryl methyl sites for hydroxylation is 1. The Morgan fingerprint density at radius 3 is 2.71 bits per heavy atom. The van der Waals surface area contributed by atoms with E-state index in [9.17, 15) is 0 Å². The standard InChI is InChI=1S/C14H22N2O/c1-4-5-10(2)9-17-12-6-7-13(14(15)16)11(3)8-12/h6-8,10H,4-5,9H2,1-3H3,(H3,15,16). The Bertz CT molecular complexity index is 388. The highest BCUT2D eigenvalue weighted by Gasteiger charge is 2.05. The van der Waals surface area contributed by atoms with Crippen LogP contribution in [0.15, 0.2) is 18.2 Å². The molecule has 3 nitrogen and oxygen atoms in total. The highest BCUT2D eigenvalue weighted by Crippen LogP contribution is 2.18. The highest BCUT2D eigenvalue weighted by atomic mass is 16.5. The third kappa shape index (κ3) is 4.10. The van der Waals surface area contributed by atoms with Gasteiger partial charge in [0, 0.05) is 5.56 Å². The molecule has 0 heterocycles. The first-order valence-electron chi connectivity index (χ1n) is 6.12. The van der Waals surface area contributed by atoms with Gasteiger partial charge in [0.15, 0.2) is 0 Å². The summed E-state index contributed by atoms with van der Waals surface area (Å²) in [7, 11) is 0. The van der Waals surface area contributed by atoms with Crippen LogP contribution >= 0.6 is 0 Å². The largest absolute Gasteiger partial charge is 0.493 e. The van der Waals surface area contributed by atoms with Crippen LogP contribution in [0.5, 0.6) is 5.75 Å². The second-order valence-corrected chi connectivity index (χ2v) is 4.60. The fraction of sp³-hybridized carbons (Fsp3) is 0.500. The van der Waals surface area contributed by atoms with E-state index in [-0.39, 0.29) is 5.84 Å². The number of nitrogen functional groups attached to an aromatic ring is 1. The van der Waals surface area contributed by atoms with Crippen molar-refractivity contribution >= 4 is 5.84 Å². The molecule has 1 aromatic carbocycles. The molecule has 0 spiro atoms. The third-order valence-corrected chi connectivity index (χ3v) is 2.80. The van der Waals surface area contributed by atoms with Crippen LogP contribution in [0.4, 0.5) is 0 Å². The summed E-state index contributed by atoms with van der Waals surface area (Å²) in [4.78, 5) is 0. The van der Waals surface area contributed by atoms with Crippen molar-refractivity contribution in [3.05, 3.63) is 29.3 Å². The Morgan fingerprint density at radius 1 is 1.47 bits per heavy atom. The predicted octanol–water partition coefficient (Wildman–Crippen LogP) is 3.09. The van der Waals surface area contributed by atoms with Gasteiger partial charge in [-0.1, -0.05) is 20.3 Å². The van der Waals surface area contributed by atoms with Crippen molar-refractivity contribution in [1.29, 1.82) is 5.41 Å². The van der Waals surface area contributed by atoms with Crippen molar-refractivity contribution in [2.75, 3.05) is 6.61 Å². The molecular weight excluding hydrogens is 212 g/mol. The predicted molar refractivity (Wildman–Crippen MR) is 71.8 cm³/mol. The first-order valence-corrected chi connectivity index (χ1v) is 6.12. The van der Waals surface area contributed by atoms with Gasteiger partial charge in [-0.25, -0.2) is 0 Å². The molecule has 0 bridgehead atoms. The molecule has 1 rings (SSSR count). The lowest BCUT2D eigenvalue weighted by atomic mass is 10.1. The fourth-order valence-corrected chi connectivity index (χ4v) is 1.84. The summed E-state index contributed by atoms with van der Waals surface area (Å²) >= 11 is 0. The molecule has 3 N–H and O–H groups in total. The van der Waals surface area contributed by atoms with Crippen molar-refractivity contribution in [2.24, 2.45) is 11.7 Å². The number of nitrogens with one attached hydrogen (secondary N) is 1. The third-order valence-electron chi connectivity index (χ3n) is 2.80. The average Bonchev–Trinajstić information content (AvgIpc) is 2.26. The van der Waals surface area contributed by atoms with Crippen LogP contribution in [-0.2, 0) is 0 Å². The summed E-state index contributed by atoms with van der Waals surface area (Å²) in [6.07, 6.45) is 2.37. The zero-order chi connectivity index (χ0) is 12.8. The topological polar surface area (TPSA) is 59.1 Å². The minimum Gasteiger partial charge on any atom is -0.493 e. The summed E-state index contributed by atoms with van der Waals surface area (Å²) in [5.74, 6) is 1.54. The summed E-state index contributed by atoms with van der Waals surface area (Å²) in [5.41, 5.74) is 7.23. The van der Waals surface area contributed by atoms with Gasteiger partial charge in [-0.15, -0.1) is 0 Å². The van der Waals surface area contributed by atoms with E-state index in [4.69, 9.17) is 15.9 Å². The van der Waals surface area contributed by atoms with E-state index in [2.05, 4.69) is 13.8 Å². The maximum Gasteiger partial charge on any atom is 0.123 e. The fourth-order valence-electron chi connectivity index (χ4n) is 1.84. The summed E-state index contributed by atoms with van der Waals surface area (Å²) in [6.45, 7) is 7.06. The molecule has 1 aromatic rings. The number of nitrogens with two attached hydrogens (primary N) is 1. The van der Waals surface area contributed by atoms with Crippen molar-refractivity contribution in [3.8, 4) is 5.75 Å². The maximum atomic E-state index is 7.41. The SMILES string of the molecule is CCCC(C)COc1ccc(C(=N)N)c(C)c1. The van der Waals surface area contributed by atoms with Gasteiger partial charge in [-0.2, -0.15) is 0 Å². The van der Waals surface area contributed by atoms with Gasteiger partial charge < -0.3 is 10.5 Å². The van der Waals surface area contributed by atoms with E-state index >= 15 is 0 Å². The Labute approximate surface area is 103 Å². The van der Waals surface area contributed by atoms with Crippen molar-refractivity contribution < 1.29 is 4.74 Å². The summed E-state index contributed by atoms with van der Waals surface area (Å²) in [5, 5.41) is 7.41. The van der Waals surface area contributed by atoms with E-state index in [0.717, 1.165) is 23.5 Å². The number of rotatable bonds is 6.